The molecule has 6 nitrogen and oxygen atoms in total. The van der Waals surface area contributed by atoms with Gasteiger partial charge < -0.3 is 23.4 Å². The molecule has 1 aliphatic rings. The Morgan fingerprint density at radius 1 is 0.879 bits per heavy atom. The minimum Gasteiger partial charge on any atom is -0.493 e. The molecule has 0 aromatic heterocycles. The fraction of sp³-hybridized carbons (Fsp3) is 0.500. The highest BCUT2D eigenvalue weighted by atomic mass is 28.4. The summed E-state index contributed by atoms with van der Waals surface area (Å²) < 4.78 is 29.4. The Morgan fingerprint density at radius 2 is 1.52 bits per heavy atom. The van der Waals surface area contributed by atoms with E-state index in [0.717, 1.165) is 35.1 Å². The zero-order chi connectivity index (χ0) is 24.6. The van der Waals surface area contributed by atoms with Crippen LogP contribution in [0, 0.1) is 0 Å². The van der Waals surface area contributed by atoms with Crippen LogP contribution in [0.3, 0.4) is 0 Å². The molecule has 0 spiro atoms. The third kappa shape index (κ3) is 4.61. The lowest BCUT2D eigenvalue weighted by molar-refractivity contribution is 0.175. The molecule has 0 aliphatic heterocycles. The number of methoxy groups -OCH3 is 4. The van der Waals surface area contributed by atoms with Gasteiger partial charge in [-0.1, -0.05) is 26.8 Å². The molecule has 7 heteroatoms. The van der Waals surface area contributed by atoms with E-state index in [0.29, 0.717) is 17.2 Å². The first-order chi connectivity index (χ1) is 15.5. The molecule has 0 N–H and O–H groups in total. The molecule has 0 saturated heterocycles. The molecule has 0 heterocycles. The predicted molar refractivity (Wildman–Crippen MR) is 134 cm³/mol. The highest BCUT2D eigenvalue weighted by molar-refractivity contribution is 6.74. The summed E-state index contributed by atoms with van der Waals surface area (Å²) in [6.45, 7) is 11.1. The maximum atomic E-state index is 13.0. The zero-order valence-electron chi connectivity index (χ0n) is 21.3. The van der Waals surface area contributed by atoms with Gasteiger partial charge in [0.1, 0.15) is 0 Å². The lowest BCUT2D eigenvalue weighted by atomic mass is 9.96. The predicted octanol–water partition coefficient (Wildman–Crippen LogP) is 5.76. The summed E-state index contributed by atoms with van der Waals surface area (Å²) in [5.74, 6) is 2.00. The second-order valence-corrected chi connectivity index (χ2v) is 14.6. The van der Waals surface area contributed by atoms with Gasteiger partial charge in [0.2, 0.25) is 11.2 Å². The second kappa shape index (κ2) is 9.39. The molecule has 0 radical (unpaired) electrons. The normalized spacial score (nSPS) is 15.7. The first-order valence-electron chi connectivity index (χ1n) is 11.2. The third-order valence-corrected chi connectivity index (χ3v) is 11.4. The molecule has 3 rings (SSSR count). The van der Waals surface area contributed by atoms with E-state index in [-0.39, 0.29) is 22.3 Å². The van der Waals surface area contributed by atoms with Crippen molar-refractivity contribution < 1.29 is 23.4 Å². The van der Waals surface area contributed by atoms with E-state index in [9.17, 15) is 4.79 Å². The average Bonchev–Trinajstić information content (AvgIpc) is 3.00. The fourth-order valence-corrected chi connectivity index (χ4v) is 5.40. The summed E-state index contributed by atoms with van der Waals surface area (Å²) in [6.07, 6.45) is 1.24. The number of aryl methyl sites for hydroxylation is 1. The fourth-order valence-electron chi connectivity index (χ4n) is 4.09. The van der Waals surface area contributed by atoms with E-state index in [1.165, 1.54) is 7.11 Å². The van der Waals surface area contributed by atoms with Crippen LogP contribution in [0.5, 0.6) is 23.0 Å². The molecule has 0 bridgehead atoms. The maximum absolute atomic E-state index is 13.0. The molecule has 0 saturated carbocycles. The maximum Gasteiger partial charge on any atom is 0.220 e. The molecule has 2 aromatic rings. The van der Waals surface area contributed by atoms with Gasteiger partial charge in [-0.15, -0.1) is 0 Å². The molecule has 33 heavy (non-hydrogen) atoms. The summed E-state index contributed by atoms with van der Waals surface area (Å²) in [6, 6.07) is 7.31. The molecule has 0 fully saturated rings. The van der Waals surface area contributed by atoms with Gasteiger partial charge in [-0.05, 0) is 65.9 Å². The van der Waals surface area contributed by atoms with Gasteiger partial charge >= 0.3 is 0 Å². The molecular formula is C26H36O6Si. The summed E-state index contributed by atoms with van der Waals surface area (Å²) >= 11 is 0. The van der Waals surface area contributed by atoms with Gasteiger partial charge in [-0.25, -0.2) is 0 Å². The van der Waals surface area contributed by atoms with Crippen LogP contribution in [0.1, 0.15) is 44.4 Å². The molecule has 1 aliphatic carbocycles. The largest absolute Gasteiger partial charge is 0.493 e. The smallest absolute Gasteiger partial charge is 0.220 e. The van der Waals surface area contributed by atoms with Crippen molar-refractivity contribution in [3.63, 3.8) is 0 Å². The molecule has 1 atom stereocenters. The average molecular weight is 473 g/mol. The van der Waals surface area contributed by atoms with Gasteiger partial charge in [0.15, 0.2) is 25.6 Å². The van der Waals surface area contributed by atoms with Crippen LogP contribution in [0.2, 0.25) is 18.1 Å². The number of fused-ring (bicyclic) bond motifs is 3. The highest BCUT2D eigenvalue weighted by Crippen LogP contribution is 2.51. The number of hydrogen-bond acceptors (Lipinski definition) is 6. The number of benzene rings is 1. The van der Waals surface area contributed by atoms with E-state index in [1.807, 2.05) is 12.1 Å². The van der Waals surface area contributed by atoms with Crippen molar-refractivity contribution in [2.24, 2.45) is 0 Å². The van der Waals surface area contributed by atoms with E-state index in [4.69, 9.17) is 23.4 Å². The van der Waals surface area contributed by atoms with Crippen molar-refractivity contribution in [2.45, 2.75) is 57.8 Å². The number of ether oxygens (including phenoxy) is 4. The van der Waals surface area contributed by atoms with Crippen molar-refractivity contribution in [3.05, 3.63) is 45.6 Å². The van der Waals surface area contributed by atoms with Crippen molar-refractivity contribution in [1.82, 2.24) is 0 Å². The Labute approximate surface area is 197 Å². The second-order valence-electron chi connectivity index (χ2n) is 9.86. The van der Waals surface area contributed by atoms with Crippen molar-refractivity contribution in [1.29, 1.82) is 0 Å². The van der Waals surface area contributed by atoms with Gasteiger partial charge in [-0.3, -0.25) is 4.79 Å². The van der Waals surface area contributed by atoms with E-state index < -0.39 is 8.32 Å². The third-order valence-electron chi connectivity index (χ3n) is 6.91. The van der Waals surface area contributed by atoms with E-state index in [1.54, 1.807) is 33.5 Å². The van der Waals surface area contributed by atoms with E-state index in [2.05, 4.69) is 33.9 Å². The summed E-state index contributed by atoms with van der Waals surface area (Å²) in [7, 11) is 4.22. The van der Waals surface area contributed by atoms with Crippen LogP contribution in [-0.2, 0) is 10.8 Å². The Morgan fingerprint density at radius 3 is 2.06 bits per heavy atom. The zero-order valence-corrected chi connectivity index (χ0v) is 22.3. The molecule has 2 aromatic carbocycles. The lowest BCUT2D eigenvalue weighted by Crippen LogP contribution is -2.42. The standard InChI is InChI=1S/C26H36O6Si/c1-26(2,3)33(8,9)32-20-12-10-16-14-22(29-5)24(30-6)25(31-7)23(16)17-11-13-21(28-4)19(27)15-18(17)20/h11,13-15,20H,10,12H2,1-9H3/t20-/m1/s1. The molecule has 180 valence electrons. The Hall–Kier alpha value is -2.51. The molecular weight excluding hydrogens is 436 g/mol. The first-order valence-corrected chi connectivity index (χ1v) is 14.1. The van der Waals surface area contributed by atoms with Gasteiger partial charge in [-0.2, -0.15) is 0 Å². The number of rotatable bonds is 6. The van der Waals surface area contributed by atoms with Crippen molar-refractivity contribution in [2.75, 3.05) is 28.4 Å². The van der Waals surface area contributed by atoms with Gasteiger partial charge in [0, 0.05) is 5.56 Å². The Bertz CT molecular complexity index is 1090. The van der Waals surface area contributed by atoms with Gasteiger partial charge in [0.25, 0.3) is 0 Å². The van der Waals surface area contributed by atoms with E-state index >= 15 is 0 Å². The Kier molecular flexibility index (Phi) is 7.15. The first kappa shape index (κ1) is 25.1. The van der Waals surface area contributed by atoms with Crippen molar-refractivity contribution in [3.8, 4) is 34.1 Å². The summed E-state index contributed by atoms with van der Waals surface area (Å²) in [5, 5.41) is 0.0331. The number of hydrogen-bond donors (Lipinski definition) is 0. The van der Waals surface area contributed by atoms with Crippen molar-refractivity contribution >= 4 is 8.32 Å². The highest BCUT2D eigenvalue weighted by Gasteiger charge is 2.41. The van der Waals surface area contributed by atoms with Crippen LogP contribution in [0.25, 0.3) is 11.1 Å². The van der Waals surface area contributed by atoms with Crippen LogP contribution in [0.15, 0.2) is 29.1 Å². The Balaban J connectivity index is 2.36. The quantitative estimate of drug-likeness (QED) is 0.498. The van der Waals surface area contributed by atoms with Gasteiger partial charge in [0.05, 0.1) is 34.5 Å². The summed E-state index contributed by atoms with van der Waals surface area (Å²) in [5.41, 5.74) is 3.50. The SMILES string of the molecule is COc1cc2c(c(OC)c1OC)-c1ccc(OC)c(=O)cc1[C@H](O[Si](C)(C)C(C)(C)C)CC2. The van der Waals surface area contributed by atoms with Crippen LogP contribution < -0.4 is 24.4 Å². The monoisotopic (exact) mass is 472 g/mol. The minimum absolute atomic E-state index is 0.0331. The lowest BCUT2D eigenvalue weighted by Gasteiger charge is -2.39. The topological polar surface area (TPSA) is 63.2 Å². The molecule has 0 unspecified atom stereocenters. The van der Waals surface area contributed by atoms with Crippen LogP contribution in [-0.4, -0.2) is 36.8 Å². The van der Waals surface area contributed by atoms with Crippen LogP contribution >= 0.6 is 0 Å². The molecule has 0 amide bonds. The minimum atomic E-state index is -2.12. The van der Waals surface area contributed by atoms with Crippen LogP contribution in [0.4, 0.5) is 0 Å². The summed E-state index contributed by atoms with van der Waals surface area (Å²) in [4.78, 5) is 13.0.